The zero-order valence-electron chi connectivity index (χ0n) is 11.2. The summed E-state index contributed by atoms with van der Waals surface area (Å²) in [5.74, 6) is 0.667. The van der Waals surface area contributed by atoms with Crippen LogP contribution in [0.25, 0.3) is 0 Å². The van der Waals surface area contributed by atoms with Crippen molar-refractivity contribution in [1.29, 1.82) is 0 Å². The van der Waals surface area contributed by atoms with E-state index in [0.29, 0.717) is 23.8 Å². The second-order valence-corrected chi connectivity index (χ2v) is 4.95. The summed E-state index contributed by atoms with van der Waals surface area (Å²) in [5, 5.41) is 24.4. The SMILES string of the molecule is CCC(=N/O)/C(=N\O)c1ccc(C2CCCC2)cc1. The molecule has 0 unspecified atom stereocenters. The average Bonchev–Trinajstić information content (AvgIpc) is 2.99. The number of benzene rings is 1. The van der Waals surface area contributed by atoms with Crippen LogP contribution >= 0.6 is 0 Å². The highest BCUT2D eigenvalue weighted by molar-refractivity contribution is 6.48. The Morgan fingerprint density at radius 3 is 2.21 bits per heavy atom. The molecule has 0 bridgehead atoms. The molecule has 4 nitrogen and oxygen atoms in total. The van der Waals surface area contributed by atoms with Gasteiger partial charge in [-0.3, -0.25) is 0 Å². The van der Waals surface area contributed by atoms with Crippen LogP contribution in [0.5, 0.6) is 0 Å². The predicted molar refractivity (Wildman–Crippen MR) is 75.5 cm³/mol. The number of rotatable bonds is 4. The van der Waals surface area contributed by atoms with Crippen LogP contribution in [-0.2, 0) is 0 Å². The summed E-state index contributed by atoms with van der Waals surface area (Å²) in [4.78, 5) is 0. The van der Waals surface area contributed by atoms with Crippen molar-refractivity contribution in [2.45, 2.75) is 44.9 Å². The Bertz CT molecular complexity index is 471. The van der Waals surface area contributed by atoms with Crippen LogP contribution in [0.4, 0.5) is 0 Å². The zero-order chi connectivity index (χ0) is 13.7. The normalized spacial score (nSPS) is 17.9. The van der Waals surface area contributed by atoms with Gasteiger partial charge in [0.2, 0.25) is 0 Å². The molecule has 0 atom stereocenters. The summed E-state index contributed by atoms with van der Waals surface area (Å²) in [7, 11) is 0. The summed E-state index contributed by atoms with van der Waals surface area (Å²) in [5.41, 5.74) is 2.84. The van der Waals surface area contributed by atoms with Gasteiger partial charge < -0.3 is 10.4 Å². The van der Waals surface area contributed by atoms with Crippen molar-refractivity contribution < 1.29 is 10.4 Å². The van der Waals surface area contributed by atoms with Gasteiger partial charge in [0.1, 0.15) is 11.4 Å². The van der Waals surface area contributed by atoms with Crippen molar-refractivity contribution in [3.8, 4) is 0 Å². The Balaban J connectivity index is 2.21. The van der Waals surface area contributed by atoms with E-state index in [2.05, 4.69) is 22.4 Å². The van der Waals surface area contributed by atoms with Gasteiger partial charge >= 0.3 is 0 Å². The molecule has 0 radical (unpaired) electrons. The Morgan fingerprint density at radius 1 is 1.11 bits per heavy atom. The number of oxime groups is 2. The first-order chi connectivity index (χ1) is 9.30. The molecule has 2 N–H and O–H groups in total. The molecule has 0 spiro atoms. The standard InChI is InChI=1S/C15H20N2O2/c1-2-14(16-18)15(17-19)13-9-7-12(8-10-13)11-5-3-4-6-11/h7-11,18-19H,2-6H2,1H3/b16-14-,17-15-. The van der Waals surface area contributed by atoms with Crippen LogP contribution in [0.15, 0.2) is 34.6 Å². The molecule has 1 saturated carbocycles. The topological polar surface area (TPSA) is 65.2 Å². The maximum atomic E-state index is 9.09. The van der Waals surface area contributed by atoms with Gasteiger partial charge in [-0.2, -0.15) is 0 Å². The second-order valence-electron chi connectivity index (χ2n) is 4.95. The van der Waals surface area contributed by atoms with E-state index in [1.54, 1.807) is 0 Å². The molecular formula is C15H20N2O2. The summed E-state index contributed by atoms with van der Waals surface area (Å²) >= 11 is 0. The molecule has 0 saturated heterocycles. The predicted octanol–water partition coefficient (Wildman–Crippen LogP) is 3.76. The van der Waals surface area contributed by atoms with Crippen LogP contribution in [0.2, 0.25) is 0 Å². The molecule has 0 amide bonds. The lowest BCUT2D eigenvalue weighted by Crippen LogP contribution is -2.15. The maximum Gasteiger partial charge on any atom is 0.134 e. The first-order valence-corrected chi connectivity index (χ1v) is 6.83. The molecule has 102 valence electrons. The molecular weight excluding hydrogens is 240 g/mol. The van der Waals surface area contributed by atoms with Gasteiger partial charge in [-0.1, -0.05) is 54.3 Å². The highest BCUT2D eigenvalue weighted by Gasteiger charge is 2.18. The molecule has 0 heterocycles. The van der Waals surface area contributed by atoms with E-state index in [4.69, 9.17) is 10.4 Å². The lowest BCUT2D eigenvalue weighted by molar-refractivity contribution is 0.313. The van der Waals surface area contributed by atoms with Gasteiger partial charge in [-0.25, -0.2) is 0 Å². The highest BCUT2D eigenvalue weighted by atomic mass is 16.4. The van der Waals surface area contributed by atoms with E-state index in [0.717, 1.165) is 5.56 Å². The molecule has 1 aliphatic carbocycles. The molecule has 1 aromatic carbocycles. The van der Waals surface area contributed by atoms with Crippen molar-refractivity contribution in [3.05, 3.63) is 35.4 Å². The van der Waals surface area contributed by atoms with Gasteiger partial charge in [0.15, 0.2) is 0 Å². The van der Waals surface area contributed by atoms with Crippen LogP contribution < -0.4 is 0 Å². The van der Waals surface area contributed by atoms with Gasteiger partial charge in [0, 0.05) is 5.56 Å². The van der Waals surface area contributed by atoms with Crippen LogP contribution in [0, 0.1) is 0 Å². The maximum absolute atomic E-state index is 9.09. The lowest BCUT2D eigenvalue weighted by atomic mass is 9.95. The van der Waals surface area contributed by atoms with Gasteiger partial charge in [0.25, 0.3) is 0 Å². The smallest absolute Gasteiger partial charge is 0.134 e. The van der Waals surface area contributed by atoms with Crippen LogP contribution in [0.1, 0.15) is 56.1 Å². The minimum atomic E-state index is 0.336. The summed E-state index contributed by atoms with van der Waals surface area (Å²) in [6, 6.07) is 8.04. The third-order valence-corrected chi connectivity index (χ3v) is 3.84. The molecule has 2 rings (SSSR count). The van der Waals surface area contributed by atoms with Crippen molar-refractivity contribution in [3.63, 3.8) is 0 Å². The molecule has 19 heavy (non-hydrogen) atoms. The third kappa shape index (κ3) is 2.95. The first kappa shape index (κ1) is 13.6. The largest absolute Gasteiger partial charge is 0.411 e. The van der Waals surface area contributed by atoms with E-state index in [-0.39, 0.29) is 0 Å². The van der Waals surface area contributed by atoms with Crippen molar-refractivity contribution in [1.82, 2.24) is 0 Å². The molecule has 1 aromatic rings. The zero-order valence-corrected chi connectivity index (χ0v) is 11.2. The number of hydrogen-bond acceptors (Lipinski definition) is 4. The van der Waals surface area contributed by atoms with E-state index in [1.165, 1.54) is 31.2 Å². The van der Waals surface area contributed by atoms with Gasteiger partial charge in [0.05, 0.1) is 0 Å². The average molecular weight is 260 g/mol. The van der Waals surface area contributed by atoms with Gasteiger partial charge in [-0.05, 0) is 30.7 Å². The van der Waals surface area contributed by atoms with Crippen LogP contribution in [0.3, 0.4) is 0 Å². The molecule has 0 aromatic heterocycles. The fraction of sp³-hybridized carbons (Fsp3) is 0.467. The quantitative estimate of drug-likeness (QED) is 0.491. The Labute approximate surface area is 113 Å². The van der Waals surface area contributed by atoms with E-state index in [1.807, 2.05) is 19.1 Å². The Morgan fingerprint density at radius 2 is 1.74 bits per heavy atom. The highest BCUT2D eigenvalue weighted by Crippen LogP contribution is 2.34. The number of nitrogens with zero attached hydrogens (tertiary/aromatic N) is 2. The summed E-state index contributed by atoms with van der Waals surface area (Å²) in [6.07, 6.45) is 5.66. The molecule has 1 aliphatic rings. The van der Waals surface area contributed by atoms with Crippen molar-refractivity contribution in [2.24, 2.45) is 10.3 Å². The van der Waals surface area contributed by atoms with E-state index in [9.17, 15) is 0 Å². The molecule has 0 aliphatic heterocycles. The fourth-order valence-electron chi connectivity index (χ4n) is 2.74. The van der Waals surface area contributed by atoms with E-state index < -0.39 is 0 Å². The summed E-state index contributed by atoms with van der Waals surface area (Å²) < 4.78 is 0. The molecule has 4 heteroatoms. The lowest BCUT2D eigenvalue weighted by Gasteiger charge is -2.11. The Kier molecular flexibility index (Phi) is 4.55. The van der Waals surface area contributed by atoms with Crippen molar-refractivity contribution >= 4 is 11.4 Å². The monoisotopic (exact) mass is 260 g/mol. The first-order valence-electron chi connectivity index (χ1n) is 6.83. The van der Waals surface area contributed by atoms with Gasteiger partial charge in [-0.15, -0.1) is 0 Å². The fourth-order valence-corrected chi connectivity index (χ4v) is 2.74. The third-order valence-electron chi connectivity index (χ3n) is 3.84. The second kappa shape index (κ2) is 6.36. The Hall–Kier alpha value is -1.84. The van der Waals surface area contributed by atoms with Crippen molar-refractivity contribution in [2.75, 3.05) is 0 Å². The minimum Gasteiger partial charge on any atom is -0.411 e. The van der Waals surface area contributed by atoms with Crippen LogP contribution in [-0.4, -0.2) is 21.8 Å². The summed E-state index contributed by atoms with van der Waals surface area (Å²) in [6.45, 7) is 1.85. The van der Waals surface area contributed by atoms with E-state index >= 15 is 0 Å². The molecule has 1 fully saturated rings. The number of hydrogen-bond donors (Lipinski definition) is 2. The minimum absolute atomic E-state index is 0.336.